The molecule has 2 unspecified atom stereocenters. The highest BCUT2D eigenvalue weighted by Crippen LogP contribution is 2.33. The van der Waals surface area contributed by atoms with E-state index in [9.17, 15) is 22.8 Å². The van der Waals surface area contributed by atoms with Gasteiger partial charge >= 0.3 is 5.92 Å². The molecule has 2 aromatic rings. The van der Waals surface area contributed by atoms with Crippen molar-refractivity contribution < 1.29 is 22.8 Å². The Hall–Kier alpha value is -2.83. The quantitative estimate of drug-likeness (QED) is 0.709. The number of halogens is 3. The van der Waals surface area contributed by atoms with Gasteiger partial charge in [-0.2, -0.15) is 8.78 Å². The van der Waals surface area contributed by atoms with Crippen LogP contribution in [-0.4, -0.2) is 41.3 Å². The summed E-state index contributed by atoms with van der Waals surface area (Å²) in [5.74, 6) is -5.10. The number of amides is 2. The second-order valence-electron chi connectivity index (χ2n) is 8.90. The Morgan fingerprint density at radius 3 is 2.38 bits per heavy atom. The van der Waals surface area contributed by atoms with Crippen molar-refractivity contribution in [1.82, 2.24) is 10.2 Å². The first-order chi connectivity index (χ1) is 15.2. The minimum Gasteiger partial charge on any atom is -0.346 e. The van der Waals surface area contributed by atoms with Gasteiger partial charge in [0.2, 0.25) is 5.91 Å². The molecule has 1 aliphatic heterocycles. The van der Waals surface area contributed by atoms with Crippen molar-refractivity contribution in [2.45, 2.75) is 57.0 Å². The lowest BCUT2D eigenvalue weighted by molar-refractivity contribution is -0.145. The first kappa shape index (κ1) is 22.4. The fraction of sp³-hybridized carbons (Fsp3) is 0.440. The van der Waals surface area contributed by atoms with Crippen LogP contribution in [0.15, 0.2) is 48.5 Å². The lowest BCUT2D eigenvalue weighted by Gasteiger charge is -2.34. The zero-order chi connectivity index (χ0) is 22.9. The van der Waals surface area contributed by atoms with Gasteiger partial charge in [0.05, 0.1) is 12.1 Å². The molecule has 2 aromatic carbocycles. The average Bonchev–Trinajstić information content (AvgIpc) is 3.08. The molecule has 32 heavy (non-hydrogen) atoms. The summed E-state index contributed by atoms with van der Waals surface area (Å²) in [6, 6.07) is 12.9. The first-order valence-corrected chi connectivity index (χ1v) is 11.1. The van der Waals surface area contributed by atoms with E-state index in [4.69, 9.17) is 0 Å². The summed E-state index contributed by atoms with van der Waals surface area (Å²) in [5, 5.41) is 2.47. The van der Waals surface area contributed by atoms with Crippen molar-refractivity contribution >= 4 is 11.8 Å². The molecule has 1 saturated carbocycles. The molecule has 7 heteroatoms. The summed E-state index contributed by atoms with van der Waals surface area (Å²) in [4.78, 5) is 26.7. The Balaban J connectivity index is 1.58. The summed E-state index contributed by atoms with van der Waals surface area (Å²) in [6.45, 7) is 1.01. The van der Waals surface area contributed by atoms with Crippen LogP contribution in [-0.2, 0) is 16.0 Å². The first-order valence-electron chi connectivity index (χ1n) is 11.1. The van der Waals surface area contributed by atoms with Crippen LogP contribution in [0.5, 0.6) is 0 Å². The lowest BCUT2D eigenvalue weighted by Crippen LogP contribution is -2.52. The number of nitrogens with zero attached hydrogens (tertiary/aromatic N) is 1. The molecule has 1 aliphatic carbocycles. The number of hydrogen-bond acceptors (Lipinski definition) is 2. The Morgan fingerprint density at radius 1 is 1.06 bits per heavy atom. The van der Waals surface area contributed by atoms with Crippen molar-refractivity contribution in [3.05, 3.63) is 59.9 Å². The molecule has 1 heterocycles. The summed E-state index contributed by atoms with van der Waals surface area (Å²) >= 11 is 0. The molecule has 0 aromatic heterocycles. The largest absolute Gasteiger partial charge is 0.346 e. The van der Waals surface area contributed by atoms with Crippen molar-refractivity contribution in [2.75, 3.05) is 6.54 Å². The minimum atomic E-state index is -3.48. The van der Waals surface area contributed by atoms with Crippen molar-refractivity contribution in [3.63, 3.8) is 0 Å². The van der Waals surface area contributed by atoms with E-state index in [1.54, 1.807) is 11.0 Å². The van der Waals surface area contributed by atoms with Crippen LogP contribution in [0, 0.1) is 11.7 Å². The predicted octanol–water partition coefficient (Wildman–Crippen LogP) is 4.58. The number of nitrogens with one attached hydrogen (secondary N) is 1. The molecule has 0 spiro atoms. The fourth-order valence-corrected chi connectivity index (χ4v) is 4.52. The van der Waals surface area contributed by atoms with E-state index >= 15 is 0 Å². The molecule has 1 saturated heterocycles. The molecule has 0 radical (unpaired) electrons. The summed E-state index contributed by atoms with van der Waals surface area (Å²) in [7, 11) is 0. The highest BCUT2D eigenvalue weighted by Gasteiger charge is 2.43. The van der Waals surface area contributed by atoms with Crippen LogP contribution in [0.2, 0.25) is 0 Å². The van der Waals surface area contributed by atoms with E-state index < -0.39 is 23.9 Å². The van der Waals surface area contributed by atoms with Gasteiger partial charge in [-0.25, -0.2) is 4.39 Å². The number of carbonyl (C=O) groups excluding carboxylic acids is 2. The zero-order valence-electron chi connectivity index (χ0n) is 18.0. The number of benzene rings is 2. The summed E-state index contributed by atoms with van der Waals surface area (Å²) in [6.07, 6.45) is 3.57. The maximum Gasteiger partial charge on any atom is 0.321 e. The molecule has 2 atom stereocenters. The summed E-state index contributed by atoms with van der Waals surface area (Å²) in [5.41, 5.74) is 2.46. The number of likely N-dealkylation sites (tertiary alicyclic amines) is 1. The smallest absolute Gasteiger partial charge is 0.321 e. The van der Waals surface area contributed by atoms with E-state index in [1.807, 2.05) is 30.3 Å². The van der Waals surface area contributed by atoms with Crippen molar-refractivity contribution in [1.29, 1.82) is 0 Å². The molecule has 2 amide bonds. The van der Waals surface area contributed by atoms with Gasteiger partial charge in [0.1, 0.15) is 5.82 Å². The van der Waals surface area contributed by atoms with Crippen LogP contribution in [0.25, 0.3) is 11.1 Å². The Kier molecular flexibility index (Phi) is 6.26. The SMILES string of the molecule is CC(F)(F)C(=O)NC1CCN(C(=O)C2CCC2)C1Cc1cccc(-c2cccc(F)c2)c1. The monoisotopic (exact) mass is 444 g/mol. The number of alkyl halides is 2. The molecular formula is C25H27F3N2O2. The number of rotatable bonds is 6. The molecule has 2 fully saturated rings. The molecule has 4 nitrogen and oxygen atoms in total. The molecule has 4 rings (SSSR count). The second-order valence-corrected chi connectivity index (χ2v) is 8.90. The van der Waals surface area contributed by atoms with Crippen molar-refractivity contribution in [2.24, 2.45) is 5.92 Å². The standard InChI is InChI=1S/C25H27F3N2O2/c1-25(27,28)24(32)29-21-11-12-30(23(31)17-6-3-7-17)22(21)14-16-5-2-8-18(13-16)19-9-4-10-20(26)15-19/h2,4-5,8-10,13,15,17,21-22H,3,6-7,11-12,14H2,1H3,(H,29,32). The summed E-state index contributed by atoms with van der Waals surface area (Å²) < 4.78 is 40.7. The number of hydrogen-bond donors (Lipinski definition) is 1. The van der Waals surface area contributed by atoms with Crippen LogP contribution >= 0.6 is 0 Å². The maximum absolute atomic E-state index is 13.7. The van der Waals surface area contributed by atoms with E-state index in [1.165, 1.54) is 12.1 Å². The molecular weight excluding hydrogens is 417 g/mol. The topological polar surface area (TPSA) is 49.4 Å². The average molecular weight is 444 g/mol. The van der Waals surface area contributed by atoms with Gasteiger partial charge in [-0.05, 0) is 54.5 Å². The third kappa shape index (κ3) is 4.81. The molecule has 1 N–H and O–H groups in total. The maximum atomic E-state index is 13.7. The Morgan fingerprint density at radius 2 is 1.75 bits per heavy atom. The number of carbonyl (C=O) groups is 2. The molecule has 0 bridgehead atoms. The van der Waals surface area contributed by atoms with Gasteiger partial charge in [-0.3, -0.25) is 9.59 Å². The van der Waals surface area contributed by atoms with Gasteiger partial charge in [0.25, 0.3) is 5.91 Å². The Bertz CT molecular complexity index is 1000. The van der Waals surface area contributed by atoms with Gasteiger partial charge < -0.3 is 10.2 Å². The van der Waals surface area contributed by atoms with E-state index in [0.717, 1.165) is 36.0 Å². The van der Waals surface area contributed by atoms with Gasteiger partial charge in [0.15, 0.2) is 0 Å². The van der Waals surface area contributed by atoms with Crippen LogP contribution in [0.1, 0.15) is 38.2 Å². The van der Waals surface area contributed by atoms with Crippen LogP contribution in [0.4, 0.5) is 13.2 Å². The Labute approximate surface area is 185 Å². The van der Waals surface area contributed by atoms with Crippen molar-refractivity contribution in [3.8, 4) is 11.1 Å². The lowest BCUT2D eigenvalue weighted by atomic mass is 9.84. The highest BCUT2D eigenvalue weighted by atomic mass is 19.3. The third-order valence-electron chi connectivity index (χ3n) is 6.53. The van der Waals surface area contributed by atoms with Gasteiger partial charge in [-0.15, -0.1) is 0 Å². The van der Waals surface area contributed by atoms with Gasteiger partial charge in [-0.1, -0.05) is 42.8 Å². The third-order valence-corrected chi connectivity index (χ3v) is 6.53. The van der Waals surface area contributed by atoms with Crippen LogP contribution < -0.4 is 5.32 Å². The molecule has 2 aliphatic rings. The van der Waals surface area contributed by atoms with E-state index in [0.29, 0.717) is 26.3 Å². The zero-order valence-corrected chi connectivity index (χ0v) is 18.0. The van der Waals surface area contributed by atoms with Gasteiger partial charge in [0, 0.05) is 19.4 Å². The molecule has 170 valence electrons. The van der Waals surface area contributed by atoms with E-state index in [2.05, 4.69) is 5.32 Å². The fourth-order valence-electron chi connectivity index (χ4n) is 4.52. The highest BCUT2D eigenvalue weighted by molar-refractivity contribution is 5.84. The van der Waals surface area contributed by atoms with E-state index in [-0.39, 0.29) is 17.6 Å². The normalized spacial score (nSPS) is 21.3. The second kappa shape index (κ2) is 8.96. The van der Waals surface area contributed by atoms with Crippen LogP contribution in [0.3, 0.4) is 0 Å². The minimum absolute atomic E-state index is 0.0156. The predicted molar refractivity (Wildman–Crippen MR) is 116 cm³/mol.